The summed E-state index contributed by atoms with van der Waals surface area (Å²) in [4.78, 5) is 42.9. The first-order chi connectivity index (χ1) is 31.3. The topological polar surface area (TPSA) is 89.5 Å². The van der Waals surface area contributed by atoms with Gasteiger partial charge in [0.2, 0.25) is 0 Å². The Labute approximate surface area is 388 Å². The van der Waals surface area contributed by atoms with Crippen LogP contribution in [0.25, 0.3) is 22.0 Å². The molecule has 9 aliphatic rings. The van der Waals surface area contributed by atoms with Crippen molar-refractivity contribution < 1.29 is 4.79 Å². The van der Waals surface area contributed by atoms with Gasteiger partial charge in [-0.2, -0.15) is 0 Å². The molecule has 4 heterocycles. The fourth-order valence-corrected chi connectivity index (χ4v) is 16.3. The normalized spacial score (nSPS) is 30.4. The lowest BCUT2D eigenvalue weighted by Crippen LogP contribution is -2.50. The van der Waals surface area contributed by atoms with Gasteiger partial charge in [0.25, 0.3) is 11.5 Å². The number of nitrogens with zero attached hydrogens (tertiary/aromatic N) is 5. The van der Waals surface area contributed by atoms with Gasteiger partial charge in [-0.1, -0.05) is 0 Å². The zero-order valence-corrected chi connectivity index (χ0v) is 40.4. The third-order valence-corrected chi connectivity index (χ3v) is 18.6. The van der Waals surface area contributed by atoms with Gasteiger partial charge in [0.1, 0.15) is 5.82 Å². The van der Waals surface area contributed by atoms with Crippen LogP contribution in [0.5, 0.6) is 0 Å². The van der Waals surface area contributed by atoms with Gasteiger partial charge in [-0.25, -0.2) is 4.98 Å². The fourth-order valence-electron chi connectivity index (χ4n) is 16.3. The molecule has 1 saturated heterocycles. The van der Waals surface area contributed by atoms with Gasteiger partial charge in [-0.3, -0.25) is 14.5 Å². The highest BCUT2D eigenvalue weighted by Crippen LogP contribution is 2.63. The van der Waals surface area contributed by atoms with E-state index in [1.165, 1.54) is 77.5 Å². The van der Waals surface area contributed by atoms with E-state index in [9.17, 15) is 9.59 Å². The van der Waals surface area contributed by atoms with Gasteiger partial charge in [0.05, 0.1) is 0 Å². The Bertz CT molecular complexity index is 2340. The van der Waals surface area contributed by atoms with E-state index in [1.54, 1.807) is 38.5 Å². The van der Waals surface area contributed by atoms with Crippen molar-refractivity contribution in [1.29, 1.82) is 0 Å². The molecule has 348 valence electrons. The summed E-state index contributed by atoms with van der Waals surface area (Å²) in [5.74, 6) is 7.10. The molecule has 13 rings (SSSR count). The van der Waals surface area contributed by atoms with Crippen molar-refractivity contribution >= 4 is 22.6 Å². The van der Waals surface area contributed by atoms with E-state index in [-0.39, 0.29) is 24.1 Å². The fraction of sp³-hybridized carbons (Fsp3) is 0.661. The maximum Gasteiger partial charge on any atom is 0.253 e. The van der Waals surface area contributed by atoms with Crippen LogP contribution in [0.4, 0.5) is 5.82 Å². The number of amides is 1. The molecule has 3 aromatic heterocycles. The predicted molar refractivity (Wildman–Crippen MR) is 264 cm³/mol. The van der Waals surface area contributed by atoms with Crippen LogP contribution in [0.15, 0.2) is 47.5 Å². The van der Waals surface area contributed by atoms with Crippen molar-refractivity contribution in [3.63, 3.8) is 0 Å². The molecular weight excluding hydrogens is 803 g/mol. The molecular formula is C56H77N7O2. The minimum atomic E-state index is -0.184. The summed E-state index contributed by atoms with van der Waals surface area (Å²) in [5, 5.41) is 4.04. The average molecular weight is 880 g/mol. The Hall–Kier alpha value is -3.95. The second-order valence-corrected chi connectivity index (χ2v) is 23.8. The molecule has 4 aromatic rings. The molecule has 0 radical (unpaired) electrons. The molecule has 9 fully saturated rings. The highest BCUT2D eigenvalue weighted by Gasteiger charge is 2.52. The van der Waals surface area contributed by atoms with Crippen LogP contribution < -0.4 is 15.8 Å². The molecule has 0 atom stereocenters. The van der Waals surface area contributed by atoms with Crippen LogP contribution >= 0.6 is 0 Å². The second kappa shape index (κ2) is 17.3. The number of nitrogens with one attached hydrogen (secondary N) is 2. The summed E-state index contributed by atoms with van der Waals surface area (Å²) in [6, 6.07) is 10.7. The summed E-state index contributed by atoms with van der Waals surface area (Å²) in [7, 11) is 0. The van der Waals surface area contributed by atoms with Gasteiger partial charge < -0.3 is 24.7 Å². The van der Waals surface area contributed by atoms with E-state index in [0.717, 1.165) is 106 Å². The van der Waals surface area contributed by atoms with Crippen molar-refractivity contribution in [3.05, 3.63) is 81.0 Å². The summed E-state index contributed by atoms with van der Waals surface area (Å²) >= 11 is 0. The number of H-pyrrole nitrogens is 1. The third kappa shape index (κ3) is 8.75. The number of piperazine rings is 1. The lowest BCUT2D eigenvalue weighted by Gasteiger charge is -2.58. The van der Waals surface area contributed by atoms with Gasteiger partial charge in [-0.15, -0.1) is 0 Å². The molecule has 0 spiro atoms. The number of rotatable bonds is 15. The van der Waals surface area contributed by atoms with Gasteiger partial charge >= 0.3 is 0 Å². The summed E-state index contributed by atoms with van der Waals surface area (Å²) in [6.07, 6.45) is 25.6. The molecule has 8 aliphatic carbocycles. The highest BCUT2D eigenvalue weighted by atomic mass is 16.2. The number of pyridine rings is 2. The molecule has 1 aromatic carbocycles. The molecule has 8 bridgehead atoms. The molecule has 1 aliphatic heterocycles. The predicted octanol–water partition coefficient (Wildman–Crippen LogP) is 10.5. The number of anilines is 1. The van der Waals surface area contributed by atoms with Gasteiger partial charge in [0, 0.05) is 97.5 Å². The number of aryl methyl sites for hydroxylation is 3. The Balaban J connectivity index is 0.743. The Morgan fingerprint density at radius 2 is 1.35 bits per heavy atom. The first kappa shape index (κ1) is 43.6. The zero-order valence-electron chi connectivity index (χ0n) is 40.4. The lowest BCUT2D eigenvalue weighted by molar-refractivity contribution is -0.0685. The number of carbonyl (C=O) groups excluding carboxylic acids is 1. The SMILES string of the molecule is Cc1cc(C)c(CNC(=O)c2cc(-c3ccc(N4CCN(CCN(CCC56CC7CC(CC(C7)C5)C6)CCC56CC7CC(CC(C7)C5)C6)CC4)nc3)cc3c2c(C)cn3C(C)C)c(=O)[nH]1. The standard InChI is InChI=1S/C56H77N7O2/c1-36(2)63-35-38(4)52-48(53(64)58-34-49-37(3)18-39(5)59-54(49)65)25-47(26-50(52)63)46-6-7-51(57-33-46)62-16-14-61(15-17-62)13-12-60(10-8-55-27-40-19-41(28-55)21-42(20-40)29-55)11-9-56-30-43-22-44(31-56)24-45(23-43)32-56/h6-7,18,25-26,33,35-36,40-45H,8-17,19-24,27-32,34H2,1-5H3,(H,58,64)(H,59,65). The van der Waals surface area contributed by atoms with Gasteiger partial charge in [-0.05, 0) is 231 Å². The van der Waals surface area contributed by atoms with Crippen LogP contribution in [0.3, 0.4) is 0 Å². The van der Waals surface area contributed by atoms with Crippen LogP contribution in [0.1, 0.15) is 143 Å². The number of aromatic nitrogens is 3. The van der Waals surface area contributed by atoms with Crippen LogP contribution in [0.2, 0.25) is 0 Å². The smallest absolute Gasteiger partial charge is 0.253 e. The number of benzene rings is 1. The maximum atomic E-state index is 14.0. The molecule has 2 N–H and O–H groups in total. The third-order valence-electron chi connectivity index (χ3n) is 18.6. The van der Waals surface area contributed by atoms with E-state index in [4.69, 9.17) is 4.98 Å². The van der Waals surface area contributed by atoms with E-state index in [1.807, 2.05) is 32.2 Å². The molecule has 9 nitrogen and oxygen atoms in total. The lowest BCUT2D eigenvalue weighted by atomic mass is 9.48. The maximum absolute atomic E-state index is 14.0. The van der Waals surface area contributed by atoms with Crippen LogP contribution in [0, 0.1) is 67.1 Å². The van der Waals surface area contributed by atoms with E-state index in [0.29, 0.717) is 22.0 Å². The summed E-state index contributed by atoms with van der Waals surface area (Å²) < 4.78 is 2.26. The number of hydrogen-bond donors (Lipinski definition) is 2. The Morgan fingerprint density at radius 3 is 1.88 bits per heavy atom. The minimum absolute atomic E-state index is 0.155. The van der Waals surface area contributed by atoms with Crippen molar-refractivity contribution in [1.82, 2.24) is 29.7 Å². The number of carbonyl (C=O) groups is 1. The first-order valence-electron chi connectivity index (χ1n) is 26.1. The first-order valence-corrected chi connectivity index (χ1v) is 26.1. The van der Waals surface area contributed by atoms with Crippen molar-refractivity contribution in [2.45, 2.75) is 137 Å². The monoisotopic (exact) mass is 880 g/mol. The van der Waals surface area contributed by atoms with Crippen molar-refractivity contribution in [3.8, 4) is 11.1 Å². The summed E-state index contributed by atoms with van der Waals surface area (Å²) in [5.41, 5.74) is 8.11. The molecule has 8 saturated carbocycles. The highest BCUT2D eigenvalue weighted by molar-refractivity contribution is 6.09. The second-order valence-electron chi connectivity index (χ2n) is 23.8. The van der Waals surface area contributed by atoms with Crippen LogP contribution in [-0.2, 0) is 6.54 Å². The largest absolute Gasteiger partial charge is 0.354 e. The average Bonchev–Trinajstić information content (AvgIpc) is 3.61. The van der Waals surface area contributed by atoms with Gasteiger partial charge in [0.15, 0.2) is 0 Å². The quantitative estimate of drug-likeness (QED) is 0.124. The molecule has 1 amide bonds. The number of fused-ring (bicyclic) bond motifs is 1. The Kier molecular flexibility index (Phi) is 11.6. The molecule has 65 heavy (non-hydrogen) atoms. The minimum Gasteiger partial charge on any atom is -0.354 e. The zero-order chi connectivity index (χ0) is 44.6. The number of aromatic amines is 1. The van der Waals surface area contributed by atoms with E-state index < -0.39 is 0 Å². The van der Waals surface area contributed by atoms with E-state index >= 15 is 0 Å². The summed E-state index contributed by atoms with van der Waals surface area (Å²) in [6.45, 7) is 19.6. The number of hydrogen-bond acceptors (Lipinski definition) is 6. The van der Waals surface area contributed by atoms with Crippen LogP contribution in [-0.4, -0.2) is 82.6 Å². The van der Waals surface area contributed by atoms with Crippen molar-refractivity contribution in [2.24, 2.45) is 46.3 Å². The molecule has 9 heteroatoms. The van der Waals surface area contributed by atoms with E-state index in [2.05, 4.69) is 74.7 Å². The Morgan fingerprint density at radius 1 is 0.769 bits per heavy atom. The van der Waals surface area contributed by atoms with Crippen molar-refractivity contribution in [2.75, 3.05) is 57.3 Å². The molecule has 0 unspecified atom stereocenters.